The number of fused-ring (bicyclic) bond motifs is 2. The van der Waals surface area contributed by atoms with Gasteiger partial charge in [-0.2, -0.15) is 18.3 Å². The second kappa shape index (κ2) is 6.33. The van der Waals surface area contributed by atoms with Crippen molar-refractivity contribution in [3.63, 3.8) is 0 Å². The third-order valence-corrected chi connectivity index (χ3v) is 4.51. The zero-order valence-electron chi connectivity index (χ0n) is 14.7. The monoisotopic (exact) mass is 385 g/mol. The van der Waals surface area contributed by atoms with E-state index in [1.807, 2.05) is 30.3 Å². The van der Waals surface area contributed by atoms with Gasteiger partial charge in [-0.3, -0.25) is 4.79 Å². The fourth-order valence-corrected chi connectivity index (χ4v) is 3.31. The first kappa shape index (κ1) is 18.0. The van der Waals surface area contributed by atoms with Crippen LogP contribution in [0.15, 0.2) is 48.5 Å². The Labute approximate surface area is 157 Å². The molecule has 4 aromatic rings. The molecule has 8 heteroatoms. The first-order valence-electron chi connectivity index (χ1n) is 8.40. The van der Waals surface area contributed by atoms with Crippen LogP contribution in [-0.2, 0) is 17.5 Å². The minimum Gasteiger partial charge on any atom is -0.480 e. The smallest absolute Gasteiger partial charge is 0.417 e. The fraction of sp³-hybridized carbons (Fsp3) is 0.150. The molecule has 0 amide bonds. The maximum atomic E-state index is 13.7. The maximum absolute atomic E-state index is 13.7. The summed E-state index contributed by atoms with van der Waals surface area (Å²) >= 11 is 0. The topological polar surface area (TPSA) is 68.0 Å². The van der Waals surface area contributed by atoms with Crippen LogP contribution in [0.1, 0.15) is 11.3 Å². The van der Waals surface area contributed by atoms with E-state index in [1.165, 1.54) is 6.92 Å². The van der Waals surface area contributed by atoms with Crippen LogP contribution in [0.4, 0.5) is 13.2 Å². The van der Waals surface area contributed by atoms with Gasteiger partial charge in [0.1, 0.15) is 6.54 Å². The number of aryl methyl sites for hydroxylation is 1. The Hall–Kier alpha value is -3.42. The lowest BCUT2D eigenvalue weighted by molar-refractivity contribution is -0.138. The van der Waals surface area contributed by atoms with Crippen LogP contribution < -0.4 is 0 Å². The number of aliphatic carboxylic acids is 1. The molecule has 5 nitrogen and oxygen atoms in total. The Balaban J connectivity index is 2.01. The highest BCUT2D eigenvalue weighted by Gasteiger charge is 2.35. The highest BCUT2D eigenvalue weighted by Crippen LogP contribution is 2.38. The largest absolute Gasteiger partial charge is 0.480 e. The average molecular weight is 385 g/mol. The molecule has 142 valence electrons. The fourth-order valence-electron chi connectivity index (χ4n) is 3.31. The lowest BCUT2D eigenvalue weighted by Gasteiger charge is -2.12. The molecule has 0 bridgehead atoms. The Morgan fingerprint density at radius 3 is 2.50 bits per heavy atom. The van der Waals surface area contributed by atoms with Crippen LogP contribution >= 0.6 is 0 Å². The van der Waals surface area contributed by atoms with Gasteiger partial charge in [0.05, 0.1) is 22.3 Å². The second-order valence-electron chi connectivity index (χ2n) is 6.45. The van der Waals surface area contributed by atoms with Gasteiger partial charge >= 0.3 is 12.1 Å². The number of carboxylic acid groups (broad SMARTS) is 1. The number of carboxylic acids is 1. The summed E-state index contributed by atoms with van der Waals surface area (Å²) in [5.41, 5.74) is -0.280. The number of alkyl halides is 3. The number of carbonyl (C=O) groups is 1. The van der Waals surface area contributed by atoms with Crippen molar-refractivity contribution in [2.24, 2.45) is 0 Å². The Morgan fingerprint density at radius 1 is 1.11 bits per heavy atom. The number of hydrogen-bond donors (Lipinski definition) is 1. The van der Waals surface area contributed by atoms with Crippen molar-refractivity contribution in [3.8, 4) is 11.3 Å². The van der Waals surface area contributed by atoms with Crippen LogP contribution in [0, 0.1) is 6.92 Å². The molecule has 0 radical (unpaired) electrons. The van der Waals surface area contributed by atoms with Crippen molar-refractivity contribution in [1.29, 1.82) is 0 Å². The lowest BCUT2D eigenvalue weighted by atomic mass is 10.0. The highest BCUT2D eigenvalue weighted by atomic mass is 19.4. The Kier molecular flexibility index (Phi) is 4.06. The summed E-state index contributed by atoms with van der Waals surface area (Å²) < 4.78 is 42.2. The van der Waals surface area contributed by atoms with Crippen molar-refractivity contribution >= 4 is 27.8 Å². The molecule has 2 aromatic heterocycles. The molecule has 1 N–H and O–H groups in total. The normalized spacial score (nSPS) is 12.0. The second-order valence-corrected chi connectivity index (χ2v) is 6.45. The molecule has 0 atom stereocenters. The Bertz CT molecular complexity index is 1230. The van der Waals surface area contributed by atoms with E-state index >= 15 is 0 Å². The lowest BCUT2D eigenvalue weighted by Crippen LogP contribution is -2.12. The molecule has 0 spiro atoms. The molecule has 4 rings (SSSR count). The van der Waals surface area contributed by atoms with Crippen molar-refractivity contribution < 1.29 is 23.1 Å². The molecular formula is C20H14F3N3O2. The van der Waals surface area contributed by atoms with Crippen LogP contribution in [0.3, 0.4) is 0 Å². The Morgan fingerprint density at radius 2 is 1.82 bits per heavy atom. The van der Waals surface area contributed by atoms with E-state index in [2.05, 4.69) is 10.1 Å². The van der Waals surface area contributed by atoms with Crippen LogP contribution in [0.2, 0.25) is 0 Å². The number of pyridine rings is 1. The summed E-state index contributed by atoms with van der Waals surface area (Å²) in [5, 5.41) is 14.7. The third-order valence-electron chi connectivity index (χ3n) is 4.51. The molecular weight excluding hydrogens is 371 g/mol. The van der Waals surface area contributed by atoms with E-state index in [0.29, 0.717) is 5.56 Å². The molecule has 2 aromatic carbocycles. The number of aromatic nitrogens is 3. The SMILES string of the molecule is Cc1nn(CC(=O)O)c2nc(-c3ccc4ccccc4c3)cc(C(F)(F)F)c12. The van der Waals surface area contributed by atoms with E-state index < -0.39 is 24.3 Å². The number of halogens is 3. The van der Waals surface area contributed by atoms with Gasteiger partial charge in [0, 0.05) is 5.56 Å². The van der Waals surface area contributed by atoms with E-state index in [-0.39, 0.29) is 22.4 Å². The average Bonchev–Trinajstić information content (AvgIpc) is 2.94. The van der Waals surface area contributed by atoms with Crippen molar-refractivity contribution in [1.82, 2.24) is 14.8 Å². The minimum absolute atomic E-state index is 0.0844. The minimum atomic E-state index is -4.63. The van der Waals surface area contributed by atoms with Gasteiger partial charge in [0.2, 0.25) is 0 Å². The van der Waals surface area contributed by atoms with Crippen molar-refractivity contribution in [2.45, 2.75) is 19.6 Å². The number of hydrogen-bond acceptors (Lipinski definition) is 3. The standard InChI is InChI=1S/C20H14F3N3O2/c1-11-18-15(20(21,22)23)9-16(24-19(18)26(25-11)10-17(27)28)14-7-6-12-4-2-3-5-13(12)8-14/h2-9H,10H2,1H3,(H,27,28). The van der Waals surface area contributed by atoms with E-state index in [1.54, 1.807) is 12.1 Å². The number of rotatable bonds is 3. The van der Waals surface area contributed by atoms with Gasteiger partial charge in [-0.1, -0.05) is 36.4 Å². The van der Waals surface area contributed by atoms with Crippen LogP contribution in [-0.4, -0.2) is 25.8 Å². The van der Waals surface area contributed by atoms with E-state index in [4.69, 9.17) is 5.11 Å². The highest BCUT2D eigenvalue weighted by molar-refractivity contribution is 5.90. The van der Waals surface area contributed by atoms with Crippen LogP contribution in [0.5, 0.6) is 0 Å². The van der Waals surface area contributed by atoms with Gasteiger partial charge in [-0.05, 0) is 29.8 Å². The summed E-state index contributed by atoms with van der Waals surface area (Å²) in [6.45, 7) is 0.836. The number of benzene rings is 2. The van der Waals surface area contributed by atoms with Gasteiger partial charge in [0.25, 0.3) is 0 Å². The quantitative estimate of drug-likeness (QED) is 0.557. The van der Waals surface area contributed by atoms with Gasteiger partial charge in [0.15, 0.2) is 5.65 Å². The molecule has 28 heavy (non-hydrogen) atoms. The molecule has 0 aliphatic rings. The first-order chi connectivity index (χ1) is 13.2. The maximum Gasteiger partial charge on any atom is 0.417 e. The molecule has 0 saturated heterocycles. The zero-order valence-corrected chi connectivity index (χ0v) is 14.7. The molecule has 0 aliphatic carbocycles. The van der Waals surface area contributed by atoms with Crippen LogP contribution in [0.25, 0.3) is 33.1 Å². The molecule has 0 fully saturated rings. The first-order valence-corrected chi connectivity index (χ1v) is 8.40. The van der Waals surface area contributed by atoms with Gasteiger partial charge in [-0.15, -0.1) is 0 Å². The molecule has 2 heterocycles. The van der Waals surface area contributed by atoms with E-state index in [9.17, 15) is 18.0 Å². The summed E-state index contributed by atoms with van der Waals surface area (Å²) in [6.07, 6.45) is -4.63. The molecule has 0 saturated carbocycles. The predicted molar refractivity (Wildman–Crippen MR) is 97.8 cm³/mol. The number of nitrogens with zero attached hydrogens (tertiary/aromatic N) is 3. The van der Waals surface area contributed by atoms with Gasteiger partial charge < -0.3 is 5.11 Å². The van der Waals surface area contributed by atoms with Crippen molar-refractivity contribution in [3.05, 3.63) is 59.8 Å². The summed E-state index contributed by atoms with van der Waals surface area (Å²) in [4.78, 5) is 15.4. The molecule has 0 unspecified atom stereocenters. The zero-order chi connectivity index (χ0) is 20.1. The summed E-state index contributed by atoms with van der Waals surface area (Å²) in [7, 11) is 0. The summed E-state index contributed by atoms with van der Waals surface area (Å²) in [6, 6.07) is 13.7. The third kappa shape index (κ3) is 3.06. The predicted octanol–water partition coefficient (Wildman–Crippen LogP) is 4.66. The van der Waals surface area contributed by atoms with Crippen molar-refractivity contribution in [2.75, 3.05) is 0 Å². The summed E-state index contributed by atoms with van der Waals surface area (Å²) in [5.74, 6) is -1.21. The van der Waals surface area contributed by atoms with Gasteiger partial charge in [-0.25, -0.2) is 9.67 Å². The van der Waals surface area contributed by atoms with E-state index in [0.717, 1.165) is 21.5 Å². The molecule has 0 aliphatic heterocycles.